The van der Waals surface area contributed by atoms with E-state index in [1.165, 1.54) is 0 Å². The summed E-state index contributed by atoms with van der Waals surface area (Å²) < 4.78 is 26.8. The Morgan fingerprint density at radius 1 is 1.12 bits per heavy atom. The van der Waals surface area contributed by atoms with Crippen LogP contribution in [-0.4, -0.2) is 15.1 Å². The molecular weight excluding hydrogens is 334 g/mol. The summed E-state index contributed by atoms with van der Waals surface area (Å²) in [5, 5.41) is 11.2. The Hall–Kier alpha value is -2.14. The van der Waals surface area contributed by atoms with E-state index in [9.17, 15) is 13.9 Å². The second-order valence-electron chi connectivity index (χ2n) is 6.87. The van der Waals surface area contributed by atoms with Crippen molar-refractivity contribution in [3.63, 3.8) is 0 Å². The predicted molar refractivity (Wildman–Crippen MR) is 91.6 cm³/mol. The highest BCUT2D eigenvalue weighted by Gasteiger charge is 2.25. The third kappa shape index (κ3) is 2.63. The number of nitrogens with one attached hydrogen (secondary N) is 1. The van der Waals surface area contributed by atoms with Crippen LogP contribution in [0.25, 0.3) is 22.4 Å². The summed E-state index contributed by atoms with van der Waals surface area (Å²) in [6.45, 7) is 7.64. The van der Waals surface area contributed by atoms with Gasteiger partial charge >= 0.3 is 0 Å². The molecule has 3 rings (SSSR count). The van der Waals surface area contributed by atoms with Crippen LogP contribution < -0.4 is 0 Å². The average Bonchev–Trinajstić information content (AvgIpc) is 2.84. The van der Waals surface area contributed by atoms with Crippen LogP contribution in [0.2, 0.25) is 5.02 Å². The monoisotopic (exact) mass is 350 g/mol. The van der Waals surface area contributed by atoms with Gasteiger partial charge in [0.05, 0.1) is 16.6 Å². The van der Waals surface area contributed by atoms with Crippen LogP contribution in [0.4, 0.5) is 8.78 Å². The van der Waals surface area contributed by atoms with Crippen LogP contribution in [0, 0.1) is 18.6 Å². The first-order chi connectivity index (χ1) is 11.1. The number of hydrogen-bond donors (Lipinski definition) is 2. The number of phenols is 1. The standard InChI is InChI=1S/C18H17ClF2N2O/c1-8-10(19)5-9(18(2,3)4)16(24)15(8)17-22-13-6-11(20)12(21)7-14(13)23-17/h5-7,24H,1-4H3,(H,22,23). The molecule has 3 nitrogen and oxygen atoms in total. The minimum atomic E-state index is -0.969. The van der Waals surface area contributed by atoms with E-state index in [0.29, 0.717) is 33.1 Å². The number of fused-ring (bicyclic) bond motifs is 1. The first-order valence-corrected chi connectivity index (χ1v) is 7.85. The molecule has 0 fully saturated rings. The third-order valence-corrected chi connectivity index (χ3v) is 4.46. The number of halogens is 3. The molecule has 126 valence electrons. The van der Waals surface area contributed by atoms with Crippen molar-refractivity contribution in [3.8, 4) is 17.1 Å². The number of benzene rings is 2. The molecule has 1 heterocycles. The van der Waals surface area contributed by atoms with Gasteiger partial charge in [0.1, 0.15) is 11.6 Å². The molecule has 0 unspecified atom stereocenters. The molecule has 0 aliphatic rings. The van der Waals surface area contributed by atoms with Crippen LogP contribution in [-0.2, 0) is 5.41 Å². The first-order valence-electron chi connectivity index (χ1n) is 7.47. The molecule has 0 aliphatic heterocycles. The molecule has 24 heavy (non-hydrogen) atoms. The van der Waals surface area contributed by atoms with Gasteiger partial charge in [-0.2, -0.15) is 0 Å². The van der Waals surface area contributed by atoms with Gasteiger partial charge in [0.25, 0.3) is 0 Å². The molecule has 0 bridgehead atoms. The van der Waals surface area contributed by atoms with E-state index in [1.807, 2.05) is 20.8 Å². The molecular formula is C18H17ClF2N2O. The largest absolute Gasteiger partial charge is 0.507 e. The van der Waals surface area contributed by atoms with Crippen molar-refractivity contribution >= 4 is 22.6 Å². The van der Waals surface area contributed by atoms with Crippen LogP contribution in [0.1, 0.15) is 31.9 Å². The highest BCUT2D eigenvalue weighted by Crippen LogP contribution is 2.43. The van der Waals surface area contributed by atoms with Gasteiger partial charge < -0.3 is 10.1 Å². The Kier molecular flexibility index (Phi) is 3.79. The molecule has 0 saturated heterocycles. The minimum absolute atomic E-state index is 0.0596. The molecule has 0 amide bonds. The summed E-state index contributed by atoms with van der Waals surface area (Å²) in [5.74, 6) is -1.55. The number of aromatic nitrogens is 2. The number of aromatic hydroxyl groups is 1. The van der Waals surface area contributed by atoms with E-state index in [-0.39, 0.29) is 16.7 Å². The zero-order valence-electron chi connectivity index (χ0n) is 13.8. The van der Waals surface area contributed by atoms with E-state index in [1.54, 1.807) is 13.0 Å². The number of aromatic amines is 1. The average molecular weight is 351 g/mol. The summed E-state index contributed by atoms with van der Waals surface area (Å²) in [5.41, 5.74) is 2.04. The van der Waals surface area contributed by atoms with E-state index < -0.39 is 11.6 Å². The molecule has 2 N–H and O–H groups in total. The molecule has 6 heteroatoms. The van der Waals surface area contributed by atoms with Gasteiger partial charge in [-0.25, -0.2) is 13.8 Å². The van der Waals surface area contributed by atoms with E-state index >= 15 is 0 Å². The molecule has 3 aromatic rings. The molecule has 0 radical (unpaired) electrons. The van der Waals surface area contributed by atoms with Gasteiger partial charge in [0.2, 0.25) is 0 Å². The lowest BCUT2D eigenvalue weighted by Crippen LogP contribution is -2.12. The lowest BCUT2D eigenvalue weighted by atomic mass is 9.84. The lowest BCUT2D eigenvalue weighted by molar-refractivity contribution is 0.448. The van der Waals surface area contributed by atoms with Crippen molar-refractivity contribution < 1.29 is 13.9 Å². The third-order valence-electron chi connectivity index (χ3n) is 4.06. The zero-order valence-corrected chi connectivity index (χ0v) is 14.5. The van der Waals surface area contributed by atoms with Crippen molar-refractivity contribution in [3.05, 3.63) is 46.0 Å². The van der Waals surface area contributed by atoms with Crippen LogP contribution in [0.3, 0.4) is 0 Å². The maximum Gasteiger partial charge on any atom is 0.161 e. The number of imidazole rings is 1. The van der Waals surface area contributed by atoms with Crippen LogP contribution >= 0.6 is 11.6 Å². The second-order valence-corrected chi connectivity index (χ2v) is 7.28. The maximum absolute atomic E-state index is 13.4. The summed E-state index contributed by atoms with van der Waals surface area (Å²) in [6, 6.07) is 3.80. The predicted octanol–water partition coefficient (Wildman–Crippen LogP) is 5.47. The first kappa shape index (κ1) is 16.7. The summed E-state index contributed by atoms with van der Waals surface area (Å²) in [7, 11) is 0. The molecule has 0 spiro atoms. The van der Waals surface area contributed by atoms with Gasteiger partial charge in [-0.1, -0.05) is 32.4 Å². The van der Waals surface area contributed by atoms with E-state index in [2.05, 4.69) is 9.97 Å². The molecule has 1 aromatic heterocycles. The Morgan fingerprint density at radius 2 is 1.75 bits per heavy atom. The molecule has 0 atom stereocenters. The SMILES string of the molecule is Cc1c(Cl)cc(C(C)(C)C)c(O)c1-c1nc2cc(F)c(F)cc2[nH]1. The molecule has 0 aliphatic carbocycles. The highest BCUT2D eigenvalue weighted by atomic mass is 35.5. The van der Waals surface area contributed by atoms with Gasteiger partial charge in [-0.15, -0.1) is 0 Å². The topological polar surface area (TPSA) is 48.9 Å². The maximum atomic E-state index is 13.4. The Morgan fingerprint density at radius 3 is 2.38 bits per heavy atom. The number of H-pyrrole nitrogens is 1. The fourth-order valence-corrected chi connectivity index (χ4v) is 2.92. The van der Waals surface area contributed by atoms with Gasteiger partial charge in [0.15, 0.2) is 11.6 Å². The lowest BCUT2D eigenvalue weighted by Gasteiger charge is -2.23. The summed E-state index contributed by atoms with van der Waals surface area (Å²) in [6.07, 6.45) is 0. The van der Waals surface area contributed by atoms with Gasteiger partial charge in [0, 0.05) is 22.7 Å². The van der Waals surface area contributed by atoms with Crippen molar-refractivity contribution in [1.29, 1.82) is 0 Å². The Bertz CT molecular complexity index is 919. The fraction of sp³-hybridized carbons (Fsp3) is 0.278. The highest BCUT2D eigenvalue weighted by molar-refractivity contribution is 6.32. The summed E-state index contributed by atoms with van der Waals surface area (Å²) in [4.78, 5) is 7.22. The van der Waals surface area contributed by atoms with E-state index in [4.69, 9.17) is 11.6 Å². The number of nitrogens with zero attached hydrogens (tertiary/aromatic N) is 1. The normalized spacial score (nSPS) is 12.1. The Labute approximate surface area is 143 Å². The van der Waals surface area contributed by atoms with Gasteiger partial charge in [-0.3, -0.25) is 0 Å². The van der Waals surface area contributed by atoms with Crippen molar-refractivity contribution in [2.75, 3.05) is 0 Å². The second kappa shape index (κ2) is 5.45. The molecule has 0 saturated carbocycles. The molecule has 2 aromatic carbocycles. The summed E-state index contributed by atoms with van der Waals surface area (Å²) >= 11 is 6.32. The van der Waals surface area contributed by atoms with Crippen molar-refractivity contribution in [1.82, 2.24) is 9.97 Å². The van der Waals surface area contributed by atoms with Crippen molar-refractivity contribution in [2.45, 2.75) is 33.1 Å². The number of hydrogen-bond acceptors (Lipinski definition) is 2. The minimum Gasteiger partial charge on any atom is -0.507 e. The number of rotatable bonds is 1. The fourth-order valence-electron chi connectivity index (χ4n) is 2.72. The number of phenolic OH excluding ortho intramolecular Hbond substituents is 1. The van der Waals surface area contributed by atoms with Crippen LogP contribution in [0.5, 0.6) is 5.75 Å². The van der Waals surface area contributed by atoms with Crippen LogP contribution in [0.15, 0.2) is 18.2 Å². The Balaban J connectivity index is 2.31. The van der Waals surface area contributed by atoms with E-state index in [0.717, 1.165) is 12.1 Å². The quantitative estimate of drug-likeness (QED) is 0.611. The zero-order chi connectivity index (χ0) is 17.8. The van der Waals surface area contributed by atoms with Crippen molar-refractivity contribution in [2.24, 2.45) is 0 Å². The van der Waals surface area contributed by atoms with Gasteiger partial charge in [-0.05, 0) is 24.0 Å². The smallest absolute Gasteiger partial charge is 0.161 e.